The van der Waals surface area contributed by atoms with Crippen LogP contribution in [0.2, 0.25) is 0 Å². The van der Waals surface area contributed by atoms with E-state index in [1.807, 2.05) is 4.90 Å². The van der Waals surface area contributed by atoms with E-state index in [0.717, 1.165) is 18.8 Å². The molecule has 0 aromatic carbocycles. The number of hydrogen-bond donors (Lipinski definition) is 2. The van der Waals surface area contributed by atoms with Crippen molar-refractivity contribution in [3.63, 3.8) is 0 Å². The minimum atomic E-state index is -0.280. The van der Waals surface area contributed by atoms with Crippen LogP contribution >= 0.6 is 0 Å². The van der Waals surface area contributed by atoms with Crippen LogP contribution in [-0.2, 0) is 0 Å². The zero-order valence-corrected chi connectivity index (χ0v) is 9.47. The second kappa shape index (κ2) is 4.52. The van der Waals surface area contributed by atoms with Crippen molar-refractivity contribution in [2.75, 3.05) is 37.5 Å². The summed E-state index contributed by atoms with van der Waals surface area (Å²) in [6.07, 6.45) is 1.98. The Balaban J connectivity index is 2.32. The van der Waals surface area contributed by atoms with Gasteiger partial charge in [-0.25, -0.2) is 9.97 Å². The zero-order valence-electron chi connectivity index (χ0n) is 9.47. The third kappa shape index (κ3) is 1.88. The van der Waals surface area contributed by atoms with Crippen LogP contribution in [0.25, 0.3) is 0 Å². The van der Waals surface area contributed by atoms with E-state index in [1.54, 1.807) is 14.2 Å². The fourth-order valence-electron chi connectivity index (χ4n) is 1.89. The number of aliphatic hydroxyl groups excluding tert-OH is 1. The van der Waals surface area contributed by atoms with Gasteiger partial charge in [0.25, 0.3) is 0 Å². The lowest BCUT2D eigenvalue weighted by Crippen LogP contribution is -2.23. The highest BCUT2D eigenvalue weighted by Gasteiger charge is 2.25. The number of hydrogen-bond acceptors (Lipinski definition) is 6. The Morgan fingerprint density at radius 3 is 2.94 bits per heavy atom. The molecule has 1 unspecified atom stereocenters. The van der Waals surface area contributed by atoms with Crippen molar-refractivity contribution in [1.29, 1.82) is 0 Å². The monoisotopic (exact) mass is 224 g/mol. The van der Waals surface area contributed by atoms with Gasteiger partial charge in [0, 0.05) is 20.1 Å². The van der Waals surface area contributed by atoms with Crippen LogP contribution in [0.3, 0.4) is 0 Å². The molecule has 1 atom stereocenters. The molecule has 1 aliphatic rings. The summed E-state index contributed by atoms with van der Waals surface area (Å²) in [4.78, 5) is 10.3. The molecule has 0 saturated carbocycles. The van der Waals surface area contributed by atoms with E-state index in [1.165, 1.54) is 6.33 Å². The van der Waals surface area contributed by atoms with E-state index >= 15 is 0 Å². The van der Waals surface area contributed by atoms with Crippen molar-refractivity contribution >= 4 is 11.6 Å². The summed E-state index contributed by atoms with van der Waals surface area (Å²) >= 11 is 0. The predicted molar refractivity (Wildman–Crippen MR) is 61.0 cm³/mol. The van der Waals surface area contributed by atoms with E-state index in [2.05, 4.69) is 15.3 Å². The van der Waals surface area contributed by atoms with Crippen molar-refractivity contribution < 1.29 is 9.84 Å². The number of nitrogens with zero attached hydrogens (tertiary/aromatic N) is 3. The van der Waals surface area contributed by atoms with Gasteiger partial charge in [-0.2, -0.15) is 0 Å². The summed E-state index contributed by atoms with van der Waals surface area (Å²) in [5.74, 6) is 2.02. The zero-order chi connectivity index (χ0) is 11.5. The van der Waals surface area contributed by atoms with E-state index < -0.39 is 0 Å². The van der Waals surface area contributed by atoms with Gasteiger partial charge >= 0.3 is 0 Å². The maximum atomic E-state index is 9.51. The molecule has 1 aliphatic heterocycles. The highest BCUT2D eigenvalue weighted by molar-refractivity contribution is 5.64. The van der Waals surface area contributed by atoms with E-state index in [4.69, 9.17) is 4.74 Å². The van der Waals surface area contributed by atoms with Gasteiger partial charge in [-0.05, 0) is 6.42 Å². The van der Waals surface area contributed by atoms with E-state index in [9.17, 15) is 5.11 Å². The molecule has 2 rings (SSSR count). The third-order valence-electron chi connectivity index (χ3n) is 2.69. The molecule has 88 valence electrons. The third-order valence-corrected chi connectivity index (χ3v) is 2.69. The Labute approximate surface area is 94.3 Å². The highest BCUT2D eigenvalue weighted by atomic mass is 16.5. The number of rotatable bonds is 3. The van der Waals surface area contributed by atoms with Crippen LogP contribution in [0.5, 0.6) is 5.75 Å². The topological polar surface area (TPSA) is 70.5 Å². The summed E-state index contributed by atoms with van der Waals surface area (Å²) in [5, 5.41) is 12.5. The fourth-order valence-corrected chi connectivity index (χ4v) is 1.89. The van der Waals surface area contributed by atoms with Gasteiger partial charge in [0.1, 0.15) is 6.33 Å². The molecule has 0 aliphatic carbocycles. The quantitative estimate of drug-likeness (QED) is 0.758. The van der Waals surface area contributed by atoms with Gasteiger partial charge in [0.15, 0.2) is 11.6 Å². The normalized spacial score (nSPS) is 19.9. The molecule has 6 heteroatoms. The smallest absolute Gasteiger partial charge is 0.204 e. The first kappa shape index (κ1) is 10.9. The Morgan fingerprint density at radius 2 is 2.38 bits per heavy atom. The Morgan fingerprint density at radius 1 is 1.56 bits per heavy atom. The molecular formula is C10H16N4O2. The molecule has 1 fully saturated rings. The van der Waals surface area contributed by atoms with Crippen molar-refractivity contribution in [2.45, 2.75) is 12.5 Å². The molecule has 6 nitrogen and oxygen atoms in total. The number of aromatic nitrogens is 2. The molecule has 1 aromatic rings. The Hall–Kier alpha value is -1.56. The number of anilines is 2. The molecule has 0 spiro atoms. The number of β-amino-alcohol motifs (C(OH)–C–C–N with tert-alkyl or cyclic N) is 1. The minimum Gasteiger partial charge on any atom is -0.490 e. The second-order valence-corrected chi connectivity index (χ2v) is 3.72. The summed E-state index contributed by atoms with van der Waals surface area (Å²) in [5.41, 5.74) is 0. The van der Waals surface area contributed by atoms with Crippen molar-refractivity contribution in [3.8, 4) is 5.75 Å². The Kier molecular flexibility index (Phi) is 3.09. The first-order chi connectivity index (χ1) is 7.76. The first-order valence-electron chi connectivity index (χ1n) is 5.26. The molecule has 16 heavy (non-hydrogen) atoms. The molecule has 1 aromatic heterocycles. The number of nitrogens with one attached hydrogen (secondary N) is 1. The lowest BCUT2D eigenvalue weighted by Gasteiger charge is -2.20. The predicted octanol–water partition coefficient (Wildman–Crippen LogP) is 0.0979. The number of aliphatic hydroxyl groups is 1. The van der Waals surface area contributed by atoms with Crippen LogP contribution in [0.1, 0.15) is 6.42 Å². The molecule has 0 amide bonds. The Bertz CT molecular complexity index is 372. The minimum absolute atomic E-state index is 0.280. The average Bonchev–Trinajstić information content (AvgIpc) is 2.74. The largest absolute Gasteiger partial charge is 0.490 e. The maximum Gasteiger partial charge on any atom is 0.204 e. The van der Waals surface area contributed by atoms with Gasteiger partial charge in [0.05, 0.1) is 13.2 Å². The molecule has 0 radical (unpaired) electrons. The van der Waals surface area contributed by atoms with Crippen LogP contribution < -0.4 is 15.0 Å². The lowest BCUT2D eigenvalue weighted by atomic mass is 10.3. The summed E-state index contributed by atoms with van der Waals surface area (Å²) in [6, 6.07) is 0. The van der Waals surface area contributed by atoms with Crippen LogP contribution in [0.15, 0.2) is 6.33 Å². The van der Waals surface area contributed by atoms with Gasteiger partial charge < -0.3 is 20.1 Å². The van der Waals surface area contributed by atoms with Gasteiger partial charge in [-0.15, -0.1) is 0 Å². The van der Waals surface area contributed by atoms with Crippen molar-refractivity contribution in [1.82, 2.24) is 9.97 Å². The van der Waals surface area contributed by atoms with Gasteiger partial charge in [-0.1, -0.05) is 0 Å². The molecular weight excluding hydrogens is 208 g/mol. The highest BCUT2D eigenvalue weighted by Crippen LogP contribution is 2.33. The van der Waals surface area contributed by atoms with Crippen LogP contribution in [0, 0.1) is 0 Å². The second-order valence-electron chi connectivity index (χ2n) is 3.72. The number of ether oxygens (including phenoxy) is 1. The standard InChI is InChI=1S/C10H16N4O2/c1-11-9-8(16-2)10(13-6-12-9)14-4-3-7(15)5-14/h6-7,15H,3-5H2,1-2H3,(H,11,12,13). The van der Waals surface area contributed by atoms with Crippen molar-refractivity contribution in [2.24, 2.45) is 0 Å². The summed E-state index contributed by atoms with van der Waals surface area (Å²) in [6.45, 7) is 1.38. The molecule has 1 saturated heterocycles. The van der Waals surface area contributed by atoms with Crippen LogP contribution in [0.4, 0.5) is 11.6 Å². The molecule has 0 bridgehead atoms. The van der Waals surface area contributed by atoms with Gasteiger partial charge in [0.2, 0.25) is 5.75 Å². The summed E-state index contributed by atoms with van der Waals surface area (Å²) in [7, 11) is 3.38. The van der Waals surface area contributed by atoms with Crippen LogP contribution in [-0.4, -0.2) is 48.4 Å². The lowest BCUT2D eigenvalue weighted by molar-refractivity contribution is 0.198. The number of methoxy groups -OCH3 is 1. The van der Waals surface area contributed by atoms with E-state index in [-0.39, 0.29) is 6.10 Å². The molecule has 2 N–H and O–H groups in total. The summed E-state index contributed by atoms with van der Waals surface area (Å²) < 4.78 is 5.30. The maximum absolute atomic E-state index is 9.51. The van der Waals surface area contributed by atoms with Gasteiger partial charge in [-0.3, -0.25) is 0 Å². The average molecular weight is 224 g/mol. The fraction of sp³-hybridized carbons (Fsp3) is 0.600. The van der Waals surface area contributed by atoms with Crippen molar-refractivity contribution in [3.05, 3.63) is 6.33 Å². The first-order valence-corrected chi connectivity index (χ1v) is 5.26. The SMILES string of the molecule is CNc1ncnc(N2CCC(O)C2)c1OC. The van der Waals surface area contributed by atoms with E-state index in [0.29, 0.717) is 18.1 Å². The molecule has 2 heterocycles.